The van der Waals surface area contributed by atoms with Crippen molar-refractivity contribution in [3.05, 3.63) is 77.1 Å². The fraction of sp³-hybridized carbons (Fsp3) is 0.240. The fourth-order valence-corrected chi connectivity index (χ4v) is 5.34. The van der Waals surface area contributed by atoms with E-state index >= 15 is 0 Å². The SMILES string of the molecule is Cc1cn(-c2ccc(/C=C3\CCCN4C3=NOC43C(=O)N(C)c4ccc(F)cc43)cc2S)cn1. The monoisotopic (exact) mass is 475 g/mol. The van der Waals surface area contributed by atoms with Crippen LogP contribution in [0.3, 0.4) is 0 Å². The molecule has 1 saturated heterocycles. The summed E-state index contributed by atoms with van der Waals surface area (Å²) in [5.41, 5.74) is 3.45. The number of benzene rings is 2. The van der Waals surface area contributed by atoms with Gasteiger partial charge in [0.15, 0.2) is 5.84 Å². The molecule has 0 bridgehead atoms. The second-order valence-electron chi connectivity index (χ2n) is 8.77. The Kier molecular flexibility index (Phi) is 4.60. The van der Waals surface area contributed by atoms with Crippen LogP contribution in [-0.2, 0) is 15.4 Å². The van der Waals surface area contributed by atoms with Gasteiger partial charge >= 0.3 is 5.72 Å². The van der Waals surface area contributed by atoms with Crippen LogP contribution in [0.5, 0.6) is 0 Å². The van der Waals surface area contributed by atoms with Crippen LogP contribution in [0.25, 0.3) is 11.8 Å². The van der Waals surface area contributed by atoms with E-state index in [4.69, 9.17) is 4.84 Å². The second-order valence-corrected chi connectivity index (χ2v) is 9.25. The van der Waals surface area contributed by atoms with Crippen LogP contribution in [0.15, 0.2) is 64.5 Å². The van der Waals surface area contributed by atoms with Gasteiger partial charge in [-0.3, -0.25) is 4.79 Å². The molecule has 1 amide bonds. The predicted octanol–water partition coefficient (Wildman–Crippen LogP) is 4.26. The minimum absolute atomic E-state index is 0.272. The molecule has 1 fully saturated rings. The number of hydrogen-bond donors (Lipinski definition) is 1. The number of nitrogens with zero attached hydrogens (tertiary/aromatic N) is 5. The number of anilines is 1. The minimum atomic E-state index is -1.46. The number of aromatic nitrogens is 2. The van der Waals surface area contributed by atoms with Crippen molar-refractivity contribution in [2.45, 2.75) is 30.4 Å². The first kappa shape index (κ1) is 21.0. The summed E-state index contributed by atoms with van der Waals surface area (Å²) in [4.78, 5) is 27.7. The summed E-state index contributed by atoms with van der Waals surface area (Å²) in [6.45, 7) is 2.53. The first-order valence-corrected chi connectivity index (χ1v) is 11.5. The molecule has 4 heterocycles. The van der Waals surface area contributed by atoms with Gasteiger partial charge in [0.2, 0.25) is 0 Å². The average molecular weight is 476 g/mol. The molecular formula is C25H22FN5O2S. The smallest absolute Gasteiger partial charge is 0.318 e. The molecule has 34 heavy (non-hydrogen) atoms. The number of rotatable bonds is 2. The Morgan fingerprint density at radius 3 is 2.79 bits per heavy atom. The quantitative estimate of drug-likeness (QED) is 0.563. The molecule has 1 aromatic heterocycles. The molecule has 3 aliphatic rings. The fourth-order valence-electron chi connectivity index (χ4n) is 5.00. The summed E-state index contributed by atoms with van der Waals surface area (Å²) in [5.74, 6) is -0.0774. The van der Waals surface area contributed by atoms with E-state index < -0.39 is 11.5 Å². The lowest BCUT2D eigenvalue weighted by Gasteiger charge is -2.36. The number of carbonyl (C=O) groups is 1. The zero-order valence-corrected chi connectivity index (χ0v) is 19.6. The lowest BCUT2D eigenvalue weighted by molar-refractivity contribution is -0.157. The van der Waals surface area contributed by atoms with Crippen molar-refractivity contribution in [3.8, 4) is 5.69 Å². The first-order chi connectivity index (χ1) is 16.4. The Bertz CT molecular complexity index is 1410. The van der Waals surface area contributed by atoms with Crippen LogP contribution in [0.1, 0.15) is 29.7 Å². The molecule has 3 aromatic rings. The van der Waals surface area contributed by atoms with E-state index in [-0.39, 0.29) is 5.91 Å². The second kappa shape index (κ2) is 7.46. The normalized spacial score (nSPS) is 22.3. The summed E-state index contributed by atoms with van der Waals surface area (Å²) in [5, 5.41) is 4.35. The molecule has 2 aromatic carbocycles. The highest BCUT2D eigenvalue weighted by molar-refractivity contribution is 7.80. The first-order valence-electron chi connectivity index (χ1n) is 11.1. The third kappa shape index (κ3) is 2.93. The van der Waals surface area contributed by atoms with Crippen LogP contribution < -0.4 is 4.90 Å². The van der Waals surface area contributed by atoms with Gasteiger partial charge in [0.1, 0.15) is 5.82 Å². The number of likely N-dealkylation sites (N-methyl/N-ethyl adjacent to an activating group) is 1. The largest absolute Gasteiger partial charge is 0.349 e. The van der Waals surface area contributed by atoms with Crippen molar-refractivity contribution in [1.29, 1.82) is 0 Å². The Morgan fingerprint density at radius 1 is 1.21 bits per heavy atom. The zero-order chi connectivity index (χ0) is 23.6. The number of halogens is 1. The maximum absolute atomic E-state index is 14.2. The number of fused-ring (bicyclic) bond motifs is 4. The van der Waals surface area contributed by atoms with Crippen LogP contribution >= 0.6 is 12.6 Å². The van der Waals surface area contributed by atoms with Gasteiger partial charge < -0.3 is 19.2 Å². The number of carbonyl (C=O) groups excluding carboxylic acids is 1. The van der Waals surface area contributed by atoms with Gasteiger partial charge in [0.25, 0.3) is 5.91 Å². The molecule has 6 rings (SSSR count). The van der Waals surface area contributed by atoms with Gasteiger partial charge in [-0.1, -0.05) is 11.2 Å². The predicted molar refractivity (Wildman–Crippen MR) is 129 cm³/mol. The van der Waals surface area contributed by atoms with Gasteiger partial charge in [-0.05, 0) is 67.3 Å². The third-order valence-corrected chi connectivity index (χ3v) is 6.98. The van der Waals surface area contributed by atoms with Crippen molar-refractivity contribution < 1.29 is 14.0 Å². The molecule has 172 valence electrons. The number of hydrogen-bond acceptors (Lipinski definition) is 6. The van der Waals surface area contributed by atoms with Crippen LogP contribution in [-0.4, -0.2) is 39.8 Å². The van der Waals surface area contributed by atoms with E-state index in [0.29, 0.717) is 23.6 Å². The summed E-state index contributed by atoms with van der Waals surface area (Å²) < 4.78 is 16.1. The Morgan fingerprint density at radius 2 is 2.03 bits per heavy atom. The molecule has 0 aliphatic carbocycles. The van der Waals surface area contributed by atoms with Crippen molar-refractivity contribution in [3.63, 3.8) is 0 Å². The Labute approximate surface area is 201 Å². The average Bonchev–Trinajstić information content (AvgIpc) is 3.48. The van der Waals surface area contributed by atoms with E-state index in [1.807, 2.05) is 46.9 Å². The van der Waals surface area contributed by atoms with E-state index in [1.54, 1.807) is 19.4 Å². The van der Waals surface area contributed by atoms with Gasteiger partial charge in [-0.15, -0.1) is 12.6 Å². The number of amidine groups is 1. The number of amides is 1. The lowest BCUT2D eigenvalue weighted by atomic mass is 9.95. The van der Waals surface area contributed by atoms with Crippen LogP contribution in [0, 0.1) is 12.7 Å². The van der Waals surface area contributed by atoms with Crippen molar-refractivity contribution in [2.24, 2.45) is 5.16 Å². The summed E-state index contributed by atoms with van der Waals surface area (Å²) >= 11 is 4.68. The number of piperidine rings is 1. The molecule has 1 spiro atoms. The maximum Gasteiger partial charge on any atom is 0.318 e. The summed E-state index contributed by atoms with van der Waals surface area (Å²) in [7, 11) is 1.67. The molecule has 0 saturated carbocycles. The number of aryl methyl sites for hydroxylation is 1. The molecule has 1 atom stereocenters. The van der Waals surface area contributed by atoms with Gasteiger partial charge in [-0.25, -0.2) is 9.37 Å². The maximum atomic E-state index is 14.2. The summed E-state index contributed by atoms with van der Waals surface area (Å²) in [6.07, 6.45) is 7.37. The Hall–Kier alpha value is -3.59. The highest BCUT2D eigenvalue weighted by Gasteiger charge is 2.61. The standard InChI is InChI=1S/C25H22FN5O2S/c1-15-13-30(14-27-15)21-7-5-16(11-22(21)34)10-17-4-3-9-31-23(17)28-33-25(31)19-12-18(26)6-8-20(19)29(2)24(25)32/h5-8,10-14,34H,3-4,9H2,1-2H3/b17-10+. The molecular weight excluding hydrogens is 453 g/mol. The van der Waals surface area contributed by atoms with Gasteiger partial charge in [-0.2, -0.15) is 0 Å². The van der Waals surface area contributed by atoms with Crippen LogP contribution in [0.4, 0.5) is 10.1 Å². The lowest BCUT2D eigenvalue weighted by Crippen LogP contribution is -2.54. The van der Waals surface area contributed by atoms with E-state index in [9.17, 15) is 9.18 Å². The van der Waals surface area contributed by atoms with Gasteiger partial charge in [0, 0.05) is 24.7 Å². The van der Waals surface area contributed by atoms with Crippen molar-refractivity contribution >= 4 is 36.1 Å². The number of oxime groups is 1. The topological polar surface area (TPSA) is 63.0 Å². The molecule has 0 N–H and O–H groups in total. The number of thiol groups is 1. The molecule has 9 heteroatoms. The highest BCUT2D eigenvalue weighted by Crippen LogP contribution is 2.49. The van der Waals surface area contributed by atoms with E-state index in [1.165, 1.54) is 17.0 Å². The minimum Gasteiger partial charge on any atom is -0.349 e. The van der Waals surface area contributed by atoms with Crippen molar-refractivity contribution in [1.82, 2.24) is 14.5 Å². The molecule has 1 unspecified atom stereocenters. The van der Waals surface area contributed by atoms with Crippen LogP contribution in [0.2, 0.25) is 0 Å². The van der Waals surface area contributed by atoms with Gasteiger partial charge in [0.05, 0.1) is 29.0 Å². The molecule has 7 nitrogen and oxygen atoms in total. The number of imidazole rings is 1. The Balaban J connectivity index is 1.36. The van der Waals surface area contributed by atoms with Crippen molar-refractivity contribution in [2.75, 3.05) is 18.5 Å². The highest BCUT2D eigenvalue weighted by atomic mass is 32.1. The molecule has 0 radical (unpaired) electrons. The third-order valence-electron chi connectivity index (χ3n) is 6.62. The summed E-state index contributed by atoms with van der Waals surface area (Å²) in [6, 6.07) is 10.3. The molecule has 3 aliphatic heterocycles. The van der Waals surface area contributed by atoms with E-state index in [0.717, 1.165) is 40.3 Å². The van der Waals surface area contributed by atoms with E-state index in [2.05, 4.69) is 22.8 Å². The zero-order valence-electron chi connectivity index (χ0n) is 18.7.